The third-order valence-electron chi connectivity index (χ3n) is 2.71. The molecule has 0 aliphatic rings. The molecule has 0 aliphatic carbocycles. The smallest absolute Gasteiger partial charge is 0.222 e. The van der Waals surface area contributed by atoms with E-state index in [2.05, 4.69) is 15.9 Å². The first-order valence-corrected chi connectivity index (χ1v) is 7.81. The van der Waals surface area contributed by atoms with Crippen molar-refractivity contribution in [2.45, 2.75) is 19.3 Å². The molecule has 1 rings (SSSR count). The molecule has 0 bridgehead atoms. The van der Waals surface area contributed by atoms with Crippen LogP contribution in [0.4, 0.5) is 0 Å². The lowest BCUT2D eigenvalue weighted by molar-refractivity contribution is -0.130. The molecule has 0 fully saturated rings. The van der Waals surface area contributed by atoms with Gasteiger partial charge in [0.25, 0.3) is 0 Å². The van der Waals surface area contributed by atoms with Crippen LogP contribution in [0.25, 0.3) is 0 Å². The molecule has 0 spiro atoms. The summed E-state index contributed by atoms with van der Waals surface area (Å²) in [5, 5.41) is 1.63. The number of nitrogens with zero attached hydrogens (tertiary/aromatic N) is 1. The standard InChI is InChI=1S/C14H19BrClNO2/c1-17(14(18)4-2-3-9-15)10-11-19-13-7-5-12(16)6-8-13/h5-8H,2-4,9-11H2,1H3. The zero-order valence-corrected chi connectivity index (χ0v) is 13.4. The molecule has 0 saturated carbocycles. The number of likely N-dealkylation sites (N-methyl/N-ethyl adjacent to an activating group) is 1. The molecule has 1 aromatic carbocycles. The van der Waals surface area contributed by atoms with E-state index in [1.807, 2.05) is 19.2 Å². The van der Waals surface area contributed by atoms with Crippen LogP contribution in [-0.4, -0.2) is 36.3 Å². The van der Waals surface area contributed by atoms with Crippen LogP contribution >= 0.6 is 27.5 Å². The Morgan fingerprint density at radius 2 is 2.00 bits per heavy atom. The molecular weight excluding hydrogens is 330 g/mol. The minimum atomic E-state index is 0.167. The van der Waals surface area contributed by atoms with E-state index in [0.717, 1.165) is 23.9 Å². The van der Waals surface area contributed by atoms with Gasteiger partial charge in [0.1, 0.15) is 12.4 Å². The van der Waals surface area contributed by atoms with Crippen LogP contribution in [0.3, 0.4) is 0 Å². The molecule has 1 amide bonds. The Morgan fingerprint density at radius 3 is 2.63 bits per heavy atom. The SMILES string of the molecule is CN(CCOc1ccc(Cl)cc1)C(=O)CCCCBr. The molecule has 0 aromatic heterocycles. The van der Waals surface area contributed by atoms with Gasteiger partial charge in [0.15, 0.2) is 0 Å². The molecule has 0 N–H and O–H groups in total. The molecule has 0 atom stereocenters. The summed E-state index contributed by atoms with van der Waals surface area (Å²) in [6, 6.07) is 7.21. The second-order valence-electron chi connectivity index (χ2n) is 4.26. The zero-order chi connectivity index (χ0) is 14.1. The van der Waals surface area contributed by atoms with Crippen molar-refractivity contribution in [1.29, 1.82) is 0 Å². The van der Waals surface area contributed by atoms with Crippen molar-refractivity contribution < 1.29 is 9.53 Å². The molecule has 3 nitrogen and oxygen atoms in total. The highest BCUT2D eigenvalue weighted by molar-refractivity contribution is 9.09. The Kier molecular flexibility index (Phi) is 7.91. The van der Waals surface area contributed by atoms with E-state index >= 15 is 0 Å². The van der Waals surface area contributed by atoms with Gasteiger partial charge in [-0.05, 0) is 37.1 Å². The second kappa shape index (κ2) is 9.21. The van der Waals surface area contributed by atoms with Crippen LogP contribution < -0.4 is 4.74 Å². The number of ether oxygens (including phenoxy) is 1. The van der Waals surface area contributed by atoms with Crippen molar-refractivity contribution >= 4 is 33.4 Å². The highest BCUT2D eigenvalue weighted by Gasteiger charge is 2.07. The predicted octanol–water partition coefficient (Wildman–Crippen LogP) is 3.74. The van der Waals surface area contributed by atoms with Crippen molar-refractivity contribution in [3.8, 4) is 5.75 Å². The first-order valence-electron chi connectivity index (χ1n) is 6.32. The monoisotopic (exact) mass is 347 g/mol. The largest absolute Gasteiger partial charge is 0.492 e. The molecule has 5 heteroatoms. The third kappa shape index (κ3) is 6.83. The van der Waals surface area contributed by atoms with Gasteiger partial charge in [-0.25, -0.2) is 0 Å². The highest BCUT2D eigenvalue weighted by atomic mass is 79.9. The minimum Gasteiger partial charge on any atom is -0.492 e. The Morgan fingerprint density at radius 1 is 1.32 bits per heavy atom. The van der Waals surface area contributed by atoms with E-state index < -0.39 is 0 Å². The fourth-order valence-electron chi connectivity index (χ4n) is 1.52. The van der Waals surface area contributed by atoms with Gasteiger partial charge in [0.2, 0.25) is 5.91 Å². The van der Waals surface area contributed by atoms with Crippen LogP contribution in [0.5, 0.6) is 5.75 Å². The summed E-state index contributed by atoms with van der Waals surface area (Å²) in [4.78, 5) is 13.5. The number of hydrogen-bond acceptors (Lipinski definition) is 2. The minimum absolute atomic E-state index is 0.167. The van der Waals surface area contributed by atoms with E-state index in [4.69, 9.17) is 16.3 Å². The summed E-state index contributed by atoms with van der Waals surface area (Å²) in [6.07, 6.45) is 2.55. The lowest BCUT2D eigenvalue weighted by atomic mass is 10.2. The van der Waals surface area contributed by atoms with Crippen LogP contribution in [-0.2, 0) is 4.79 Å². The summed E-state index contributed by atoms with van der Waals surface area (Å²) in [6.45, 7) is 1.08. The maximum Gasteiger partial charge on any atom is 0.222 e. The fraction of sp³-hybridized carbons (Fsp3) is 0.500. The van der Waals surface area contributed by atoms with E-state index in [9.17, 15) is 4.79 Å². The number of benzene rings is 1. The van der Waals surface area contributed by atoms with Crippen molar-refractivity contribution in [1.82, 2.24) is 4.90 Å². The van der Waals surface area contributed by atoms with Crippen LogP contribution in [0.1, 0.15) is 19.3 Å². The summed E-state index contributed by atoms with van der Waals surface area (Å²) < 4.78 is 5.55. The van der Waals surface area contributed by atoms with E-state index in [-0.39, 0.29) is 5.91 Å². The Balaban J connectivity index is 2.20. The van der Waals surface area contributed by atoms with E-state index in [1.54, 1.807) is 17.0 Å². The molecule has 0 saturated heterocycles. The number of rotatable bonds is 8. The molecule has 19 heavy (non-hydrogen) atoms. The predicted molar refractivity (Wildman–Crippen MR) is 82.2 cm³/mol. The van der Waals surface area contributed by atoms with Crippen molar-refractivity contribution in [2.75, 3.05) is 25.5 Å². The first-order chi connectivity index (χ1) is 9.13. The molecule has 0 unspecified atom stereocenters. The van der Waals surface area contributed by atoms with Gasteiger partial charge in [-0.15, -0.1) is 0 Å². The number of amides is 1. The van der Waals surface area contributed by atoms with Crippen molar-refractivity contribution in [2.24, 2.45) is 0 Å². The number of carbonyl (C=O) groups is 1. The zero-order valence-electron chi connectivity index (χ0n) is 11.1. The van der Waals surface area contributed by atoms with Gasteiger partial charge >= 0.3 is 0 Å². The van der Waals surface area contributed by atoms with Crippen LogP contribution in [0.2, 0.25) is 5.02 Å². The summed E-state index contributed by atoms with van der Waals surface area (Å²) >= 11 is 9.14. The average Bonchev–Trinajstić information content (AvgIpc) is 2.41. The van der Waals surface area contributed by atoms with E-state index in [1.165, 1.54) is 0 Å². The topological polar surface area (TPSA) is 29.5 Å². The molecule has 0 radical (unpaired) electrons. The summed E-state index contributed by atoms with van der Waals surface area (Å²) in [7, 11) is 1.81. The summed E-state index contributed by atoms with van der Waals surface area (Å²) in [5.74, 6) is 0.935. The maximum absolute atomic E-state index is 11.7. The first kappa shape index (κ1) is 16.3. The average molecular weight is 349 g/mol. The maximum atomic E-state index is 11.7. The van der Waals surface area contributed by atoms with Crippen LogP contribution in [0.15, 0.2) is 24.3 Å². The lowest BCUT2D eigenvalue weighted by Gasteiger charge is -2.17. The van der Waals surface area contributed by atoms with Gasteiger partial charge in [-0.3, -0.25) is 4.79 Å². The van der Waals surface area contributed by atoms with Gasteiger partial charge in [-0.2, -0.15) is 0 Å². The molecule has 106 valence electrons. The van der Waals surface area contributed by atoms with Gasteiger partial charge < -0.3 is 9.64 Å². The van der Waals surface area contributed by atoms with Crippen LogP contribution in [0, 0.1) is 0 Å². The number of carbonyl (C=O) groups excluding carboxylic acids is 1. The molecular formula is C14H19BrClNO2. The molecule has 0 heterocycles. The number of alkyl halides is 1. The Bertz CT molecular complexity index is 384. The number of hydrogen-bond donors (Lipinski definition) is 0. The second-order valence-corrected chi connectivity index (χ2v) is 5.49. The van der Waals surface area contributed by atoms with Crippen molar-refractivity contribution in [3.05, 3.63) is 29.3 Å². The van der Waals surface area contributed by atoms with Crippen molar-refractivity contribution in [3.63, 3.8) is 0 Å². The molecule has 0 aliphatic heterocycles. The molecule has 1 aromatic rings. The lowest BCUT2D eigenvalue weighted by Crippen LogP contribution is -2.30. The van der Waals surface area contributed by atoms with Gasteiger partial charge in [-0.1, -0.05) is 27.5 Å². The quantitative estimate of drug-likeness (QED) is 0.529. The van der Waals surface area contributed by atoms with Gasteiger partial charge in [0.05, 0.1) is 6.54 Å². The highest BCUT2D eigenvalue weighted by Crippen LogP contribution is 2.15. The summed E-state index contributed by atoms with van der Waals surface area (Å²) in [5.41, 5.74) is 0. The third-order valence-corrected chi connectivity index (χ3v) is 3.52. The fourth-order valence-corrected chi connectivity index (χ4v) is 2.04. The van der Waals surface area contributed by atoms with E-state index in [0.29, 0.717) is 24.6 Å². The number of halogens is 2. The normalized spacial score (nSPS) is 10.3. The van der Waals surface area contributed by atoms with Gasteiger partial charge in [0, 0.05) is 23.8 Å². The Hall–Kier alpha value is -0.740. The Labute approximate surface area is 128 Å². The number of unbranched alkanes of at least 4 members (excludes halogenated alkanes) is 1.